The van der Waals surface area contributed by atoms with E-state index >= 15 is 0 Å². The van der Waals surface area contributed by atoms with E-state index in [-0.39, 0.29) is 5.91 Å². The summed E-state index contributed by atoms with van der Waals surface area (Å²) >= 11 is 0. The van der Waals surface area contributed by atoms with Crippen molar-refractivity contribution in [3.63, 3.8) is 0 Å². The van der Waals surface area contributed by atoms with E-state index in [1.54, 1.807) is 0 Å². The molecular weight excluding hydrogens is 216 g/mol. The summed E-state index contributed by atoms with van der Waals surface area (Å²) in [4.78, 5) is 11.4. The van der Waals surface area contributed by atoms with E-state index in [2.05, 4.69) is 9.88 Å². The van der Waals surface area contributed by atoms with Crippen molar-refractivity contribution >= 4 is 5.91 Å². The molecule has 0 atom stereocenters. The monoisotopic (exact) mass is 238 g/mol. The van der Waals surface area contributed by atoms with Gasteiger partial charge in [0.05, 0.1) is 0 Å². The summed E-state index contributed by atoms with van der Waals surface area (Å²) in [5.74, 6) is 0.133. The Labute approximate surface area is 103 Å². The Kier molecular flexibility index (Phi) is 7.14. The first kappa shape index (κ1) is 13.8. The van der Waals surface area contributed by atoms with Crippen LogP contribution in [0.3, 0.4) is 0 Å². The zero-order valence-corrected chi connectivity index (χ0v) is 10.5. The summed E-state index contributed by atoms with van der Waals surface area (Å²) in [6.45, 7) is 5.05. The van der Waals surface area contributed by atoms with Crippen LogP contribution in [-0.4, -0.2) is 30.2 Å². The van der Waals surface area contributed by atoms with Crippen LogP contribution in [0.15, 0.2) is 24.5 Å². The largest absolute Gasteiger partial charge is 0.382 e. The van der Waals surface area contributed by atoms with Gasteiger partial charge in [0.2, 0.25) is 5.91 Å². The van der Waals surface area contributed by atoms with Crippen LogP contribution in [0.1, 0.15) is 26.2 Å². The number of nitrogens with zero attached hydrogens (tertiary/aromatic N) is 1. The Hall–Kier alpha value is -1.29. The van der Waals surface area contributed by atoms with Crippen LogP contribution in [0.2, 0.25) is 0 Å². The maximum atomic E-state index is 11.4. The van der Waals surface area contributed by atoms with Crippen LogP contribution in [0, 0.1) is 0 Å². The van der Waals surface area contributed by atoms with Gasteiger partial charge in [-0.1, -0.05) is 0 Å². The molecule has 4 nitrogen and oxygen atoms in total. The normalized spacial score (nSPS) is 10.4. The van der Waals surface area contributed by atoms with Crippen molar-refractivity contribution in [2.24, 2.45) is 0 Å². The summed E-state index contributed by atoms with van der Waals surface area (Å²) in [6.07, 6.45) is 6.38. The first-order valence-corrected chi connectivity index (χ1v) is 6.28. The molecule has 0 saturated heterocycles. The first-order valence-electron chi connectivity index (χ1n) is 6.28. The molecular formula is C13H22N2O2. The third-order valence-electron chi connectivity index (χ3n) is 2.48. The molecule has 17 heavy (non-hydrogen) atoms. The van der Waals surface area contributed by atoms with Crippen molar-refractivity contribution in [2.45, 2.75) is 32.7 Å². The lowest BCUT2D eigenvalue weighted by atomic mass is 10.3. The van der Waals surface area contributed by atoms with Gasteiger partial charge in [-0.05, 0) is 31.9 Å². The number of amides is 1. The second-order valence-corrected chi connectivity index (χ2v) is 3.92. The van der Waals surface area contributed by atoms with Crippen LogP contribution in [0.5, 0.6) is 0 Å². The molecule has 4 heteroatoms. The lowest BCUT2D eigenvalue weighted by molar-refractivity contribution is -0.121. The third kappa shape index (κ3) is 6.79. The SMILES string of the molecule is CCOCCCNC(=O)CCCn1cccc1. The molecule has 0 saturated carbocycles. The zero-order valence-electron chi connectivity index (χ0n) is 10.5. The van der Waals surface area contributed by atoms with Crippen molar-refractivity contribution < 1.29 is 9.53 Å². The van der Waals surface area contributed by atoms with Gasteiger partial charge in [0, 0.05) is 45.1 Å². The van der Waals surface area contributed by atoms with Crippen LogP contribution in [-0.2, 0) is 16.1 Å². The number of nitrogens with one attached hydrogen (secondary N) is 1. The van der Waals surface area contributed by atoms with E-state index in [9.17, 15) is 4.79 Å². The first-order chi connectivity index (χ1) is 8.33. The molecule has 1 amide bonds. The van der Waals surface area contributed by atoms with Gasteiger partial charge >= 0.3 is 0 Å². The minimum absolute atomic E-state index is 0.133. The Morgan fingerprint density at radius 1 is 1.29 bits per heavy atom. The number of aromatic nitrogens is 1. The van der Waals surface area contributed by atoms with Crippen LogP contribution < -0.4 is 5.32 Å². The average Bonchev–Trinajstić information content (AvgIpc) is 2.82. The lowest BCUT2D eigenvalue weighted by Gasteiger charge is -2.06. The summed E-state index contributed by atoms with van der Waals surface area (Å²) in [5, 5.41) is 2.89. The van der Waals surface area contributed by atoms with Gasteiger partial charge in [-0.25, -0.2) is 0 Å². The number of aryl methyl sites for hydroxylation is 1. The second kappa shape index (κ2) is 8.82. The van der Waals surface area contributed by atoms with Gasteiger partial charge in [-0.2, -0.15) is 0 Å². The number of hydrogen-bond donors (Lipinski definition) is 1. The van der Waals surface area contributed by atoms with Crippen molar-refractivity contribution in [2.75, 3.05) is 19.8 Å². The fourth-order valence-electron chi connectivity index (χ4n) is 1.58. The van der Waals surface area contributed by atoms with Crippen LogP contribution >= 0.6 is 0 Å². The molecule has 0 aromatic carbocycles. The third-order valence-corrected chi connectivity index (χ3v) is 2.48. The molecule has 0 aliphatic carbocycles. The highest BCUT2D eigenvalue weighted by Gasteiger charge is 2.00. The minimum Gasteiger partial charge on any atom is -0.382 e. The van der Waals surface area contributed by atoms with E-state index in [0.29, 0.717) is 13.0 Å². The highest BCUT2D eigenvalue weighted by atomic mass is 16.5. The maximum Gasteiger partial charge on any atom is 0.220 e. The molecule has 1 aromatic rings. The number of ether oxygens (including phenoxy) is 1. The predicted octanol–water partition coefficient (Wildman–Crippen LogP) is 1.81. The molecule has 1 aromatic heterocycles. The molecule has 0 unspecified atom stereocenters. The second-order valence-electron chi connectivity index (χ2n) is 3.92. The van der Waals surface area contributed by atoms with Crippen molar-refractivity contribution in [3.05, 3.63) is 24.5 Å². The Morgan fingerprint density at radius 2 is 2.06 bits per heavy atom. The molecule has 0 fully saturated rings. The van der Waals surface area contributed by atoms with Crippen LogP contribution in [0.4, 0.5) is 0 Å². The fraction of sp³-hybridized carbons (Fsp3) is 0.615. The van der Waals surface area contributed by atoms with E-state index in [1.807, 2.05) is 31.5 Å². The molecule has 1 N–H and O–H groups in total. The molecule has 1 heterocycles. The summed E-state index contributed by atoms with van der Waals surface area (Å²) in [6, 6.07) is 3.99. The quantitative estimate of drug-likeness (QED) is 0.667. The number of carbonyl (C=O) groups is 1. The molecule has 0 aliphatic rings. The molecule has 96 valence electrons. The van der Waals surface area contributed by atoms with Gasteiger partial charge in [-0.3, -0.25) is 4.79 Å². The summed E-state index contributed by atoms with van der Waals surface area (Å²) in [5.41, 5.74) is 0. The van der Waals surface area contributed by atoms with Crippen molar-refractivity contribution in [1.82, 2.24) is 9.88 Å². The topological polar surface area (TPSA) is 43.3 Å². The van der Waals surface area contributed by atoms with Gasteiger partial charge in [0.15, 0.2) is 0 Å². The van der Waals surface area contributed by atoms with E-state index in [1.165, 1.54) is 0 Å². The van der Waals surface area contributed by atoms with Crippen LogP contribution in [0.25, 0.3) is 0 Å². The molecule has 0 spiro atoms. The zero-order chi connectivity index (χ0) is 12.3. The fourth-order valence-corrected chi connectivity index (χ4v) is 1.58. The standard InChI is InChI=1S/C13H22N2O2/c1-2-17-12-6-8-14-13(16)7-5-11-15-9-3-4-10-15/h3-4,9-10H,2,5-8,11-12H2,1H3,(H,14,16). The Bertz CT molecular complexity index is 296. The highest BCUT2D eigenvalue weighted by molar-refractivity contribution is 5.75. The Morgan fingerprint density at radius 3 is 2.76 bits per heavy atom. The predicted molar refractivity (Wildman–Crippen MR) is 67.8 cm³/mol. The summed E-state index contributed by atoms with van der Waals surface area (Å²) < 4.78 is 7.28. The Balaban J connectivity index is 1.94. The number of hydrogen-bond acceptors (Lipinski definition) is 2. The highest BCUT2D eigenvalue weighted by Crippen LogP contribution is 1.96. The molecule has 0 aliphatic heterocycles. The number of rotatable bonds is 9. The molecule has 1 rings (SSSR count). The molecule has 0 bridgehead atoms. The minimum atomic E-state index is 0.133. The van der Waals surface area contributed by atoms with Gasteiger partial charge in [0.1, 0.15) is 0 Å². The van der Waals surface area contributed by atoms with E-state index < -0.39 is 0 Å². The van der Waals surface area contributed by atoms with E-state index in [4.69, 9.17) is 4.74 Å². The summed E-state index contributed by atoms with van der Waals surface area (Å²) in [7, 11) is 0. The van der Waals surface area contributed by atoms with Gasteiger partial charge in [-0.15, -0.1) is 0 Å². The van der Waals surface area contributed by atoms with Gasteiger partial charge < -0.3 is 14.6 Å². The number of carbonyl (C=O) groups excluding carboxylic acids is 1. The van der Waals surface area contributed by atoms with E-state index in [0.717, 1.165) is 32.6 Å². The lowest BCUT2D eigenvalue weighted by Crippen LogP contribution is -2.25. The van der Waals surface area contributed by atoms with Crippen molar-refractivity contribution in [1.29, 1.82) is 0 Å². The van der Waals surface area contributed by atoms with Gasteiger partial charge in [0.25, 0.3) is 0 Å². The van der Waals surface area contributed by atoms with Crippen molar-refractivity contribution in [3.8, 4) is 0 Å². The maximum absolute atomic E-state index is 11.4. The average molecular weight is 238 g/mol. The smallest absolute Gasteiger partial charge is 0.220 e. The molecule has 0 radical (unpaired) electrons.